The molecule has 0 amide bonds. The maximum Gasteiger partial charge on any atom is 0.0554 e. The minimum atomic E-state index is 0.283. The van der Waals surface area contributed by atoms with Crippen molar-refractivity contribution in [3.63, 3.8) is 0 Å². The van der Waals surface area contributed by atoms with Gasteiger partial charge < -0.3 is 4.74 Å². The van der Waals surface area contributed by atoms with E-state index in [2.05, 4.69) is 11.5 Å². The average molecular weight is 272 g/mol. The van der Waals surface area contributed by atoms with E-state index in [1.807, 2.05) is 23.1 Å². The molecular weight excluding hydrogens is 252 g/mol. The van der Waals surface area contributed by atoms with Crippen LogP contribution in [-0.4, -0.2) is 19.5 Å². The van der Waals surface area contributed by atoms with Gasteiger partial charge in [-0.25, -0.2) is 0 Å². The highest BCUT2D eigenvalue weighted by Gasteiger charge is 2.18. The van der Waals surface area contributed by atoms with Gasteiger partial charge in [0.05, 0.1) is 6.04 Å². The number of hydrogen-bond donors (Lipinski definition) is 2. The highest BCUT2D eigenvalue weighted by atomic mass is 32.2. The van der Waals surface area contributed by atoms with E-state index in [-0.39, 0.29) is 6.04 Å². The second kappa shape index (κ2) is 6.75. The molecule has 3 N–H and O–H groups in total. The van der Waals surface area contributed by atoms with E-state index in [1.54, 1.807) is 12.0 Å². The molecular formula is C12H20N2OS2. The molecule has 1 unspecified atom stereocenters. The monoisotopic (exact) mass is 272 g/mol. The predicted molar refractivity (Wildman–Crippen MR) is 75.4 cm³/mol. The van der Waals surface area contributed by atoms with E-state index >= 15 is 0 Å². The number of thioether (sulfide) groups is 1. The van der Waals surface area contributed by atoms with Crippen molar-refractivity contribution in [3.8, 4) is 0 Å². The molecule has 0 spiro atoms. The minimum absolute atomic E-state index is 0.283. The lowest BCUT2D eigenvalue weighted by molar-refractivity contribution is 0.189. The van der Waals surface area contributed by atoms with Gasteiger partial charge in [0.15, 0.2) is 0 Å². The Balaban J connectivity index is 2.00. The normalized spacial score (nSPS) is 16.8. The molecule has 0 aliphatic carbocycles. The summed E-state index contributed by atoms with van der Waals surface area (Å²) in [6.45, 7) is 0.805. The number of nitrogens with two attached hydrogens (primary N) is 1. The summed E-state index contributed by atoms with van der Waals surface area (Å²) in [7, 11) is 1.74. The molecule has 0 aromatic carbocycles. The first-order chi connectivity index (χ1) is 8.35. The van der Waals surface area contributed by atoms with Crippen LogP contribution in [0, 0.1) is 0 Å². The largest absolute Gasteiger partial charge is 0.385 e. The Morgan fingerprint density at radius 2 is 2.47 bits per heavy atom. The van der Waals surface area contributed by atoms with Gasteiger partial charge in [-0.05, 0) is 36.6 Å². The van der Waals surface area contributed by atoms with Crippen molar-refractivity contribution in [2.45, 2.75) is 31.1 Å². The van der Waals surface area contributed by atoms with Crippen molar-refractivity contribution < 1.29 is 4.74 Å². The van der Waals surface area contributed by atoms with Gasteiger partial charge in [0, 0.05) is 29.2 Å². The number of hydrazine groups is 1. The van der Waals surface area contributed by atoms with Gasteiger partial charge in [-0.2, -0.15) is 11.8 Å². The maximum atomic E-state index is 5.66. The molecule has 2 rings (SSSR count). The van der Waals surface area contributed by atoms with E-state index in [0.717, 1.165) is 19.4 Å². The van der Waals surface area contributed by atoms with Gasteiger partial charge in [0.1, 0.15) is 0 Å². The van der Waals surface area contributed by atoms with E-state index in [0.29, 0.717) is 0 Å². The zero-order chi connectivity index (χ0) is 12.1. The quantitative estimate of drug-likeness (QED) is 0.474. The third-order valence-corrected chi connectivity index (χ3v) is 5.39. The molecule has 1 aromatic heterocycles. The lowest BCUT2D eigenvalue weighted by Crippen LogP contribution is -2.27. The fourth-order valence-corrected chi connectivity index (χ4v) is 4.55. The van der Waals surface area contributed by atoms with Crippen molar-refractivity contribution in [2.24, 2.45) is 5.84 Å². The summed E-state index contributed by atoms with van der Waals surface area (Å²) in [5, 5.41) is 0. The van der Waals surface area contributed by atoms with Crippen molar-refractivity contribution in [1.29, 1.82) is 0 Å². The van der Waals surface area contributed by atoms with E-state index in [1.165, 1.54) is 28.4 Å². The Hall–Kier alpha value is -0.0700. The van der Waals surface area contributed by atoms with Crippen LogP contribution in [0.25, 0.3) is 0 Å². The molecule has 0 saturated heterocycles. The van der Waals surface area contributed by atoms with Crippen LogP contribution < -0.4 is 11.3 Å². The molecule has 1 aliphatic heterocycles. The molecule has 1 aromatic rings. The van der Waals surface area contributed by atoms with Crippen molar-refractivity contribution in [3.05, 3.63) is 21.4 Å². The van der Waals surface area contributed by atoms with Crippen molar-refractivity contribution >= 4 is 23.1 Å². The smallest absolute Gasteiger partial charge is 0.0554 e. The average Bonchev–Trinajstić information content (AvgIpc) is 2.78. The molecule has 17 heavy (non-hydrogen) atoms. The first-order valence-corrected chi connectivity index (χ1v) is 7.96. The number of fused-ring (bicyclic) bond motifs is 1. The minimum Gasteiger partial charge on any atom is -0.385 e. The molecule has 96 valence electrons. The SMILES string of the molecule is COCCCC(NN)c1cc2c(s1)CCSC2. The van der Waals surface area contributed by atoms with Crippen LogP contribution in [0.3, 0.4) is 0 Å². The molecule has 0 saturated carbocycles. The van der Waals surface area contributed by atoms with Gasteiger partial charge in [-0.15, -0.1) is 11.3 Å². The zero-order valence-electron chi connectivity index (χ0n) is 10.2. The van der Waals surface area contributed by atoms with Crippen LogP contribution in [0.15, 0.2) is 6.07 Å². The molecule has 0 fully saturated rings. The standard InChI is InChI=1S/C12H20N2OS2/c1-15-5-2-3-10(14-13)12-7-9-8-16-6-4-11(9)17-12/h7,10,14H,2-6,8,13H2,1H3. The Morgan fingerprint density at radius 1 is 1.59 bits per heavy atom. The van der Waals surface area contributed by atoms with E-state index in [4.69, 9.17) is 10.6 Å². The van der Waals surface area contributed by atoms with E-state index in [9.17, 15) is 0 Å². The van der Waals surface area contributed by atoms with Crippen LogP contribution in [0.4, 0.5) is 0 Å². The number of aryl methyl sites for hydroxylation is 1. The Kier molecular flexibility index (Phi) is 5.31. The van der Waals surface area contributed by atoms with Crippen LogP contribution in [-0.2, 0) is 16.9 Å². The third kappa shape index (κ3) is 3.45. The molecule has 2 heterocycles. The van der Waals surface area contributed by atoms with E-state index < -0.39 is 0 Å². The Bertz CT molecular complexity index is 331. The number of thiophene rings is 1. The fourth-order valence-electron chi connectivity index (χ4n) is 2.08. The zero-order valence-corrected chi connectivity index (χ0v) is 11.8. The van der Waals surface area contributed by atoms with Crippen LogP contribution >= 0.6 is 23.1 Å². The summed E-state index contributed by atoms with van der Waals surface area (Å²) >= 11 is 3.96. The summed E-state index contributed by atoms with van der Waals surface area (Å²) in [6, 6.07) is 2.62. The van der Waals surface area contributed by atoms with Gasteiger partial charge in [-0.1, -0.05) is 0 Å². The third-order valence-electron chi connectivity index (χ3n) is 3.03. The lowest BCUT2D eigenvalue weighted by atomic mass is 10.1. The van der Waals surface area contributed by atoms with Crippen LogP contribution in [0.1, 0.15) is 34.2 Å². The summed E-state index contributed by atoms with van der Waals surface area (Å²) in [6.07, 6.45) is 3.31. The molecule has 1 aliphatic rings. The summed E-state index contributed by atoms with van der Waals surface area (Å²) in [4.78, 5) is 2.95. The second-order valence-corrected chi connectivity index (χ2v) is 6.53. The first kappa shape index (κ1) is 13.4. The number of methoxy groups -OCH3 is 1. The topological polar surface area (TPSA) is 47.3 Å². The number of hydrogen-bond acceptors (Lipinski definition) is 5. The summed E-state index contributed by atoms with van der Waals surface area (Å²) in [5.41, 5.74) is 4.46. The van der Waals surface area contributed by atoms with Crippen LogP contribution in [0.2, 0.25) is 0 Å². The fraction of sp³-hybridized carbons (Fsp3) is 0.667. The summed E-state index contributed by atoms with van der Waals surface area (Å²) in [5.74, 6) is 8.08. The van der Waals surface area contributed by atoms with Crippen molar-refractivity contribution in [1.82, 2.24) is 5.43 Å². The Morgan fingerprint density at radius 3 is 3.18 bits per heavy atom. The maximum absolute atomic E-state index is 5.66. The van der Waals surface area contributed by atoms with Gasteiger partial charge >= 0.3 is 0 Å². The number of rotatable bonds is 6. The highest BCUT2D eigenvalue weighted by Crippen LogP contribution is 2.35. The van der Waals surface area contributed by atoms with Gasteiger partial charge in [0.25, 0.3) is 0 Å². The molecule has 3 nitrogen and oxygen atoms in total. The van der Waals surface area contributed by atoms with Gasteiger partial charge in [-0.3, -0.25) is 11.3 Å². The highest BCUT2D eigenvalue weighted by molar-refractivity contribution is 7.98. The Labute approximate surface area is 111 Å². The number of nitrogens with one attached hydrogen (secondary N) is 1. The molecule has 5 heteroatoms. The first-order valence-electron chi connectivity index (χ1n) is 5.99. The predicted octanol–water partition coefficient (Wildman–Crippen LogP) is 2.47. The molecule has 0 bridgehead atoms. The van der Waals surface area contributed by atoms with Crippen LogP contribution in [0.5, 0.6) is 0 Å². The summed E-state index contributed by atoms with van der Waals surface area (Å²) < 4.78 is 5.09. The van der Waals surface area contributed by atoms with Crippen molar-refractivity contribution in [2.75, 3.05) is 19.5 Å². The second-order valence-electron chi connectivity index (χ2n) is 4.25. The number of ether oxygens (including phenoxy) is 1. The lowest BCUT2D eigenvalue weighted by Gasteiger charge is -2.13. The molecule has 1 atom stereocenters. The molecule has 0 radical (unpaired) electrons. The van der Waals surface area contributed by atoms with Gasteiger partial charge in [0.2, 0.25) is 0 Å².